The molecule has 2 rings (SSSR count). The molecule has 0 aliphatic rings. The lowest BCUT2D eigenvalue weighted by atomic mass is 10.2. The quantitative estimate of drug-likeness (QED) is 0.865. The Bertz CT molecular complexity index is 726. The van der Waals surface area contributed by atoms with Crippen molar-refractivity contribution in [3.05, 3.63) is 42.7 Å². The van der Waals surface area contributed by atoms with Gasteiger partial charge in [0.05, 0.1) is 17.6 Å². The fourth-order valence-corrected chi connectivity index (χ4v) is 2.67. The highest BCUT2D eigenvalue weighted by Gasteiger charge is 2.20. The Morgan fingerprint density at radius 3 is 2.71 bits per heavy atom. The van der Waals surface area contributed by atoms with E-state index in [-0.39, 0.29) is 12.5 Å². The lowest BCUT2D eigenvalue weighted by molar-refractivity contribution is -0.119. The fraction of sp³-hybridized carbons (Fsp3) is 0.231. The van der Waals surface area contributed by atoms with Gasteiger partial charge < -0.3 is 5.32 Å². The third-order valence-corrected chi connectivity index (χ3v) is 3.99. The summed E-state index contributed by atoms with van der Waals surface area (Å²) in [7, 11) is -2.10. The van der Waals surface area contributed by atoms with Gasteiger partial charge in [0, 0.05) is 19.4 Å². The summed E-state index contributed by atoms with van der Waals surface area (Å²) in [5, 5.41) is 6.51. The van der Waals surface area contributed by atoms with E-state index in [9.17, 15) is 13.2 Å². The van der Waals surface area contributed by atoms with Crippen molar-refractivity contribution in [2.24, 2.45) is 0 Å². The molecular formula is C13H16N4O3S. The van der Waals surface area contributed by atoms with Crippen LogP contribution in [0.25, 0.3) is 5.69 Å². The molecule has 0 aliphatic heterocycles. The number of sulfonamides is 1. The highest BCUT2D eigenvalue weighted by atomic mass is 32.2. The van der Waals surface area contributed by atoms with Crippen LogP contribution in [0.1, 0.15) is 0 Å². The van der Waals surface area contributed by atoms with Crippen molar-refractivity contribution in [1.82, 2.24) is 15.1 Å². The Balaban J connectivity index is 2.41. The van der Waals surface area contributed by atoms with Gasteiger partial charge in [-0.15, -0.1) is 0 Å². The molecule has 7 nitrogen and oxygen atoms in total. The molecule has 8 heteroatoms. The van der Waals surface area contributed by atoms with Crippen LogP contribution < -0.4 is 9.62 Å². The van der Waals surface area contributed by atoms with Gasteiger partial charge in [-0.2, -0.15) is 5.10 Å². The van der Waals surface area contributed by atoms with Crippen molar-refractivity contribution < 1.29 is 13.2 Å². The summed E-state index contributed by atoms with van der Waals surface area (Å²) in [6.07, 6.45) is 4.45. The van der Waals surface area contributed by atoms with E-state index in [0.717, 1.165) is 10.6 Å². The third kappa shape index (κ3) is 3.60. The van der Waals surface area contributed by atoms with Crippen LogP contribution in [0, 0.1) is 0 Å². The first kappa shape index (κ1) is 15.0. The van der Waals surface area contributed by atoms with Gasteiger partial charge in [0.15, 0.2) is 0 Å². The number of aromatic nitrogens is 2. The maximum Gasteiger partial charge on any atom is 0.240 e. The van der Waals surface area contributed by atoms with E-state index in [0.29, 0.717) is 11.4 Å². The average Bonchev–Trinajstić information content (AvgIpc) is 2.97. The molecule has 0 bridgehead atoms. The standard InChI is InChI=1S/C13H16N4O3S/c1-14-13(18)10-17(21(2,19)20)12-6-3-5-11(9-12)16-8-4-7-15-16/h3-9H,10H2,1-2H3,(H,14,18). The first-order valence-electron chi connectivity index (χ1n) is 6.20. The van der Waals surface area contributed by atoms with Crippen LogP contribution >= 0.6 is 0 Å². The number of likely N-dealkylation sites (N-methyl/N-ethyl adjacent to an activating group) is 1. The van der Waals surface area contributed by atoms with Gasteiger partial charge in [0.2, 0.25) is 15.9 Å². The summed E-state index contributed by atoms with van der Waals surface area (Å²) < 4.78 is 26.5. The molecule has 1 aromatic carbocycles. The van der Waals surface area contributed by atoms with Crippen LogP contribution in [0.5, 0.6) is 0 Å². The molecule has 0 aliphatic carbocycles. The molecule has 21 heavy (non-hydrogen) atoms. The molecule has 0 saturated carbocycles. The second-order valence-corrected chi connectivity index (χ2v) is 6.32. The second-order valence-electron chi connectivity index (χ2n) is 4.41. The number of amides is 1. The number of benzene rings is 1. The molecule has 2 aromatic rings. The molecule has 0 spiro atoms. The Hall–Kier alpha value is -2.35. The van der Waals surface area contributed by atoms with E-state index in [1.807, 2.05) is 0 Å². The van der Waals surface area contributed by atoms with Gasteiger partial charge in [0.25, 0.3) is 0 Å². The molecule has 1 N–H and O–H groups in total. The summed E-state index contributed by atoms with van der Waals surface area (Å²) in [5.74, 6) is -0.384. The fourth-order valence-electron chi connectivity index (χ4n) is 1.82. The molecule has 0 fully saturated rings. The topological polar surface area (TPSA) is 84.3 Å². The van der Waals surface area contributed by atoms with Crippen LogP contribution in [0.2, 0.25) is 0 Å². The number of carbonyl (C=O) groups excluding carboxylic acids is 1. The zero-order valence-corrected chi connectivity index (χ0v) is 12.5. The molecule has 112 valence electrons. The minimum Gasteiger partial charge on any atom is -0.358 e. The molecule has 0 radical (unpaired) electrons. The van der Waals surface area contributed by atoms with Crippen molar-refractivity contribution in [1.29, 1.82) is 0 Å². The minimum absolute atomic E-state index is 0.266. The number of nitrogens with one attached hydrogen (secondary N) is 1. The summed E-state index contributed by atoms with van der Waals surface area (Å²) in [6.45, 7) is -0.266. The van der Waals surface area contributed by atoms with E-state index in [1.54, 1.807) is 47.4 Å². The lowest BCUT2D eigenvalue weighted by Crippen LogP contribution is -2.39. The van der Waals surface area contributed by atoms with E-state index >= 15 is 0 Å². The van der Waals surface area contributed by atoms with Crippen LogP contribution in [0.15, 0.2) is 42.7 Å². The first-order chi connectivity index (χ1) is 9.91. The van der Waals surface area contributed by atoms with Crippen molar-refractivity contribution in [3.8, 4) is 5.69 Å². The maximum atomic E-state index is 11.9. The number of nitrogens with zero attached hydrogens (tertiary/aromatic N) is 3. The third-order valence-electron chi connectivity index (χ3n) is 2.85. The lowest BCUT2D eigenvalue weighted by Gasteiger charge is -2.22. The van der Waals surface area contributed by atoms with Crippen LogP contribution in [0.3, 0.4) is 0 Å². The maximum absolute atomic E-state index is 11.9. The van der Waals surface area contributed by atoms with Crippen molar-refractivity contribution >= 4 is 21.6 Å². The van der Waals surface area contributed by atoms with Crippen molar-refractivity contribution in [2.45, 2.75) is 0 Å². The zero-order valence-electron chi connectivity index (χ0n) is 11.7. The number of carbonyl (C=O) groups is 1. The summed E-state index contributed by atoms with van der Waals surface area (Å²) in [4.78, 5) is 11.5. The van der Waals surface area contributed by atoms with Crippen molar-refractivity contribution in [2.75, 3.05) is 24.2 Å². The van der Waals surface area contributed by atoms with Crippen LogP contribution in [-0.2, 0) is 14.8 Å². The molecule has 1 amide bonds. The first-order valence-corrected chi connectivity index (χ1v) is 8.05. The summed E-state index contributed by atoms with van der Waals surface area (Å²) in [6, 6.07) is 8.59. The largest absolute Gasteiger partial charge is 0.358 e. The number of rotatable bonds is 5. The summed E-state index contributed by atoms with van der Waals surface area (Å²) >= 11 is 0. The van der Waals surface area contributed by atoms with Gasteiger partial charge in [-0.1, -0.05) is 6.07 Å². The predicted octanol–water partition coefficient (Wildman–Crippen LogP) is 0.384. The van der Waals surface area contributed by atoms with Crippen LogP contribution in [-0.4, -0.2) is 44.0 Å². The second kappa shape index (κ2) is 5.96. The van der Waals surface area contributed by atoms with Crippen molar-refractivity contribution in [3.63, 3.8) is 0 Å². The molecule has 1 aromatic heterocycles. The molecule has 1 heterocycles. The predicted molar refractivity (Wildman–Crippen MR) is 79.8 cm³/mol. The van der Waals surface area contributed by atoms with E-state index in [1.165, 1.54) is 7.05 Å². The Kier molecular flexibility index (Phi) is 4.27. The zero-order chi connectivity index (χ0) is 15.5. The normalized spacial score (nSPS) is 11.1. The highest BCUT2D eigenvalue weighted by Crippen LogP contribution is 2.20. The molecule has 0 saturated heterocycles. The van der Waals surface area contributed by atoms with E-state index in [2.05, 4.69) is 10.4 Å². The minimum atomic E-state index is -3.57. The highest BCUT2D eigenvalue weighted by molar-refractivity contribution is 7.92. The molecule has 0 unspecified atom stereocenters. The SMILES string of the molecule is CNC(=O)CN(c1cccc(-n2cccn2)c1)S(C)(=O)=O. The average molecular weight is 308 g/mol. The van der Waals surface area contributed by atoms with E-state index < -0.39 is 10.0 Å². The van der Waals surface area contributed by atoms with Gasteiger partial charge in [-0.3, -0.25) is 9.10 Å². The van der Waals surface area contributed by atoms with E-state index in [4.69, 9.17) is 0 Å². The van der Waals surface area contributed by atoms with Gasteiger partial charge >= 0.3 is 0 Å². The van der Waals surface area contributed by atoms with Crippen LogP contribution in [0.4, 0.5) is 5.69 Å². The van der Waals surface area contributed by atoms with Gasteiger partial charge in [0.1, 0.15) is 6.54 Å². The number of hydrogen-bond acceptors (Lipinski definition) is 4. The molecular weight excluding hydrogens is 292 g/mol. The number of anilines is 1. The smallest absolute Gasteiger partial charge is 0.240 e. The summed E-state index contributed by atoms with van der Waals surface area (Å²) in [5.41, 5.74) is 1.12. The van der Waals surface area contributed by atoms with Gasteiger partial charge in [-0.25, -0.2) is 13.1 Å². The Labute approximate surface area is 123 Å². The Morgan fingerprint density at radius 2 is 2.14 bits per heavy atom. The Morgan fingerprint density at radius 1 is 1.38 bits per heavy atom. The molecule has 0 atom stereocenters. The van der Waals surface area contributed by atoms with Gasteiger partial charge in [-0.05, 0) is 24.3 Å². The monoisotopic (exact) mass is 308 g/mol. The number of hydrogen-bond donors (Lipinski definition) is 1.